The van der Waals surface area contributed by atoms with Gasteiger partial charge in [0.05, 0.1) is 19.5 Å². The van der Waals surface area contributed by atoms with Crippen LogP contribution >= 0.6 is 0 Å². The summed E-state index contributed by atoms with van der Waals surface area (Å²) in [7, 11) is 1.66. The van der Waals surface area contributed by atoms with Crippen molar-refractivity contribution in [3.8, 4) is 5.75 Å². The van der Waals surface area contributed by atoms with Crippen LogP contribution in [0.5, 0.6) is 5.75 Å². The van der Waals surface area contributed by atoms with Gasteiger partial charge in [0.25, 0.3) is 5.91 Å². The molecule has 148 valence electrons. The summed E-state index contributed by atoms with van der Waals surface area (Å²) < 4.78 is 5.35. The number of rotatable bonds is 6. The van der Waals surface area contributed by atoms with E-state index in [1.165, 1.54) is 6.20 Å². The molecule has 1 aliphatic heterocycles. The SMILES string of the molecule is COc1ccccc1CCNc1cnc(C(=O)N2CCN(C(C)=O)CC2)cn1. The zero-order valence-corrected chi connectivity index (χ0v) is 16.2. The van der Waals surface area contributed by atoms with E-state index in [1.54, 1.807) is 30.0 Å². The number of piperazine rings is 1. The van der Waals surface area contributed by atoms with Gasteiger partial charge < -0.3 is 19.9 Å². The average molecular weight is 383 g/mol. The molecule has 0 saturated carbocycles. The van der Waals surface area contributed by atoms with Crippen LogP contribution in [0.4, 0.5) is 5.82 Å². The molecule has 1 aromatic carbocycles. The summed E-state index contributed by atoms with van der Waals surface area (Å²) >= 11 is 0. The molecule has 1 fully saturated rings. The van der Waals surface area contributed by atoms with E-state index in [0.29, 0.717) is 44.2 Å². The fourth-order valence-electron chi connectivity index (χ4n) is 3.15. The Morgan fingerprint density at radius 3 is 2.43 bits per heavy atom. The molecule has 0 atom stereocenters. The number of hydrogen-bond acceptors (Lipinski definition) is 6. The lowest BCUT2D eigenvalue weighted by Crippen LogP contribution is -2.50. The van der Waals surface area contributed by atoms with Gasteiger partial charge in [-0.2, -0.15) is 0 Å². The number of carbonyl (C=O) groups excluding carboxylic acids is 2. The second kappa shape index (κ2) is 9.16. The van der Waals surface area contributed by atoms with Crippen molar-refractivity contribution in [1.82, 2.24) is 19.8 Å². The molecule has 28 heavy (non-hydrogen) atoms. The predicted molar refractivity (Wildman–Crippen MR) is 105 cm³/mol. The Kier molecular flexibility index (Phi) is 6.41. The van der Waals surface area contributed by atoms with Crippen LogP contribution in [0.25, 0.3) is 0 Å². The Hall–Kier alpha value is -3.16. The number of amides is 2. The molecule has 1 aliphatic rings. The Morgan fingerprint density at radius 1 is 1.07 bits per heavy atom. The highest BCUT2D eigenvalue weighted by atomic mass is 16.5. The van der Waals surface area contributed by atoms with Crippen molar-refractivity contribution in [2.45, 2.75) is 13.3 Å². The van der Waals surface area contributed by atoms with Crippen LogP contribution in [-0.2, 0) is 11.2 Å². The molecule has 8 nitrogen and oxygen atoms in total. The van der Waals surface area contributed by atoms with Crippen molar-refractivity contribution >= 4 is 17.6 Å². The maximum Gasteiger partial charge on any atom is 0.274 e. The number of para-hydroxylation sites is 1. The molecule has 8 heteroatoms. The average Bonchev–Trinajstić information content (AvgIpc) is 2.74. The van der Waals surface area contributed by atoms with Crippen LogP contribution in [0.3, 0.4) is 0 Å². The molecule has 0 spiro atoms. The summed E-state index contributed by atoms with van der Waals surface area (Å²) in [6, 6.07) is 7.89. The summed E-state index contributed by atoms with van der Waals surface area (Å²) in [5, 5.41) is 3.21. The number of anilines is 1. The van der Waals surface area contributed by atoms with Crippen LogP contribution in [0.15, 0.2) is 36.7 Å². The van der Waals surface area contributed by atoms with Gasteiger partial charge in [0.2, 0.25) is 5.91 Å². The summed E-state index contributed by atoms with van der Waals surface area (Å²) in [6.07, 6.45) is 3.85. The molecule has 0 bridgehead atoms. The number of carbonyl (C=O) groups is 2. The van der Waals surface area contributed by atoms with E-state index < -0.39 is 0 Å². The van der Waals surface area contributed by atoms with Crippen LogP contribution in [0.2, 0.25) is 0 Å². The van der Waals surface area contributed by atoms with E-state index in [2.05, 4.69) is 15.3 Å². The van der Waals surface area contributed by atoms with Crippen molar-refractivity contribution in [2.24, 2.45) is 0 Å². The van der Waals surface area contributed by atoms with Crippen molar-refractivity contribution in [1.29, 1.82) is 0 Å². The van der Waals surface area contributed by atoms with Crippen LogP contribution in [0.1, 0.15) is 23.0 Å². The minimum absolute atomic E-state index is 0.0374. The second-order valence-corrected chi connectivity index (χ2v) is 6.57. The van der Waals surface area contributed by atoms with Gasteiger partial charge in [-0.25, -0.2) is 9.97 Å². The van der Waals surface area contributed by atoms with Gasteiger partial charge in [-0.15, -0.1) is 0 Å². The Balaban J connectivity index is 1.51. The molecule has 1 saturated heterocycles. The number of nitrogens with one attached hydrogen (secondary N) is 1. The molecule has 0 unspecified atom stereocenters. The van der Waals surface area contributed by atoms with Crippen LogP contribution in [-0.4, -0.2) is 71.4 Å². The van der Waals surface area contributed by atoms with E-state index in [0.717, 1.165) is 17.7 Å². The van der Waals surface area contributed by atoms with Gasteiger partial charge >= 0.3 is 0 Å². The standard InChI is InChI=1S/C20H25N5O3/c1-15(26)24-9-11-25(12-10-24)20(27)17-13-23-19(14-22-17)21-8-7-16-5-3-4-6-18(16)28-2/h3-6,13-14H,7-12H2,1-2H3,(H,21,23). The molecule has 1 aromatic heterocycles. The monoisotopic (exact) mass is 383 g/mol. The fraction of sp³-hybridized carbons (Fsp3) is 0.400. The highest BCUT2D eigenvalue weighted by molar-refractivity contribution is 5.92. The molecule has 3 rings (SSSR count). The molecule has 2 aromatic rings. The highest BCUT2D eigenvalue weighted by Gasteiger charge is 2.24. The first kappa shape index (κ1) is 19.6. The summed E-state index contributed by atoms with van der Waals surface area (Å²) in [4.78, 5) is 35.9. The van der Waals surface area contributed by atoms with Gasteiger partial charge in [0, 0.05) is 39.6 Å². The van der Waals surface area contributed by atoms with Gasteiger partial charge in [-0.1, -0.05) is 18.2 Å². The first-order chi connectivity index (χ1) is 13.6. The van der Waals surface area contributed by atoms with Crippen LogP contribution in [0, 0.1) is 0 Å². The second-order valence-electron chi connectivity index (χ2n) is 6.57. The predicted octanol–water partition coefficient (Wildman–Crippen LogP) is 1.44. The van der Waals surface area contributed by atoms with E-state index in [1.807, 2.05) is 24.3 Å². The normalized spacial score (nSPS) is 13.9. The topological polar surface area (TPSA) is 87.7 Å². The number of nitrogens with zero attached hydrogens (tertiary/aromatic N) is 4. The molecule has 0 radical (unpaired) electrons. The lowest BCUT2D eigenvalue weighted by atomic mass is 10.1. The largest absolute Gasteiger partial charge is 0.496 e. The number of ether oxygens (including phenoxy) is 1. The third-order valence-corrected chi connectivity index (χ3v) is 4.78. The number of methoxy groups -OCH3 is 1. The Labute approximate surface area is 164 Å². The van der Waals surface area contributed by atoms with E-state index >= 15 is 0 Å². The maximum absolute atomic E-state index is 12.5. The van der Waals surface area contributed by atoms with E-state index in [-0.39, 0.29) is 11.8 Å². The van der Waals surface area contributed by atoms with E-state index in [4.69, 9.17) is 4.74 Å². The number of benzene rings is 1. The summed E-state index contributed by atoms with van der Waals surface area (Å²) in [5.41, 5.74) is 1.42. The van der Waals surface area contributed by atoms with Gasteiger partial charge in [0.1, 0.15) is 17.3 Å². The molecular formula is C20H25N5O3. The highest BCUT2D eigenvalue weighted by Crippen LogP contribution is 2.17. The van der Waals surface area contributed by atoms with Crippen molar-refractivity contribution in [2.75, 3.05) is 45.2 Å². The van der Waals surface area contributed by atoms with Gasteiger partial charge in [-0.3, -0.25) is 9.59 Å². The first-order valence-corrected chi connectivity index (χ1v) is 9.31. The van der Waals surface area contributed by atoms with Crippen LogP contribution < -0.4 is 10.1 Å². The van der Waals surface area contributed by atoms with Gasteiger partial charge in [0.15, 0.2) is 0 Å². The lowest BCUT2D eigenvalue weighted by molar-refractivity contribution is -0.130. The first-order valence-electron chi connectivity index (χ1n) is 9.31. The Morgan fingerprint density at radius 2 is 1.79 bits per heavy atom. The molecule has 2 heterocycles. The fourth-order valence-corrected chi connectivity index (χ4v) is 3.15. The number of hydrogen-bond donors (Lipinski definition) is 1. The third kappa shape index (κ3) is 4.76. The van der Waals surface area contributed by atoms with Gasteiger partial charge in [-0.05, 0) is 18.1 Å². The quantitative estimate of drug-likeness (QED) is 0.812. The zero-order valence-electron chi connectivity index (χ0n) is 16.2. The van der Waals surface area contributed by atoms with E-state index in [9.17, 15) is 9.59 Å². The molecule has 2 amide bonds. The summed E-state index contributed by atoms with van der Waals surface area (Å²) in [5.74, 6) is 1.36. The zero-order chi connectivity index (χ0) is 19.9. The molecular weight excluding hydrogens is 358 g/mol. The lowest BCUT2D eigenvalue weighted by Gasteiger charge is -2.33. The Bertz CT molecular complexity index is 817. The van der Waals surface area contributed by atoms with Crippen molar-refractivity contribution in [3.63, 3.8) is 0 Å². The van der Waals surface area contributed by atoms with Crippen molar-refractivity contribution < 1.29 is 14.3 Å². The minimum Gasteiger partial charge on any atom is -0.496 e. The minimum atomic E-state index is -0.156. The molecule has 1 N–H and O–H groups in total. The summed E-state index contributed by atoms with van der Waals surface area (Å²) in [6.45, 7) is 4.35. The third-order valence-electron chi connectivity index (χ3n) is 4.78. The molecule has 0 aliphatic carbocycles. The maximum atomic E-state index is 12.5. The number of aromatic nitrogens is 2. The van der Waals surface area contributed by atoms with Crippen molar-refractivity contribution in [3.05, 3.63) is 47.9 Å². The smallest absolute Gasteiger partial charge is 0.274 e.